The molecule has 0 spiro atoms. The Balaban J connectivity index is 1.83. The van der Waals surface area contributed by atoms with Gasteiger partial charge in [-0.15, -0.1) is 11.3 Å². The number of aryl methyl sites for hydroxylation is 1. The number of anilines is 1. The van der Waals surface area contributed by atoms with Gasteiger partial charge in [0.15, 0.2) is 5.11 Å². The van der Waals surface area contributed by atoms with Crippen LogP contribution < -0.4 is 10.1 Å². The van der Waals surface area contributed by atoms with Gasteiger partial charge in [0.1, 0.15) is 16.5 Å². The van der Waals surface area contributed by atoms with Crippen LogP contribution in [0.15, 0.2) is 53.9 Å². The second kappa shape index (κ2) is 7.69. The van der Waals surface area contributed by atoms with E-state index >= 15 is 0 Å². The minimum absolute atomic E-state index is 0.548. The van der Waals surface area contributed by atoms with Crippen LogP contribution in [0, 0.1) is 13.8 Å². The molecular formula is C21H20N4OS2. The van der Waals surface area contributed by atoms with Crippen LogP contribution >= 0.6 is 23.6 Å². The molecule has 1 aromatic carbocycles. The molecule has 0 aliphatic carbocycles. The Morgan fingerprint density at radius 1 is 1.18 bits per heavy atom. The highest BCUT2D eigenvalue weighted by Gasteiger charge is 2.26. The van der Waals surface area contributed by atoms with Crippen molar-refractivity contribution in [3.63, 3.8) is 0 Å². The number of hydrogen-bond donors (Lipinski definition) is 1. The van der Waals surface area contributed by atoms with E-state index in [0.29, 0.717) is 11.7 Å². The number of thiocarbonyl (C=S) groups is 1. The number of rotatable bonds is 4. The number of ether oxygens (including phenoxy) is 1. The van der Waals surface area contributed by atoms with E-state index in [1.807, 2.05) is 47.6 Å². The minimum atomic E-state index is 0.548. The normalized spacial score (nSPS) is 13.5. The van der Waals surface area contributed by atoms with Crippen molar-refractivity contribution < 1.29 is 4.74 Å². The summed E-state index contributed by atoms with van der Waals surface area (Å²) in [5.41, 5.74) is 5.28. The summed E-state index contributed by atoms with van der Waals surface area (Å²) in [4.78, 5) is 5.45. The third kappa shape index (κ3) is 3.50. The summed E-state index contributed by atoms with van der Waals surface area (Å²) >= 11 is 7.36. The van der Waals surface area contributed by atoms with Crippen LogP contribution in [0.4, 0.5) is 5.00 Å². The third-order valence-electron chi connectivity index (χ3n) is 4.72. The zero-order chi connectivity index (χ0) is 19.7. The topological polar surface area (TPSA) is 49.8 Å². The van der Waals surface area contributed by atoms with Gasteiger partial charge in [-0.1, -0.05) is 6.07 Å². The summed E-state index contributed by atoms with van der Waals surface area (Å²) < 4.78 is 5.31. The van der Waals surface area contributed by atoms with Gasteiger partial charge in [0.05, 0.1) is 13.7 Å². The van der Waals surface area contributed by atoms with Gasteiger partial charge in [-0.05, 0) is 67.5 Å². The number of nitrogens with one attached hydrogen (secondary N) is 1. The summed E-state index contributed by atoms with van der Waals surface area (Å²) in [5, 5.41) is 11.8. The Bertz CT molecular complexity index is 1040. The molecule has 2 aromatic heterocycles. The lowest BCUT2D eigenvalue weighted by Gasteiger charge is -2.19. The quantitative estimate of drug-likeness (QED) is 0.632. The zero-order valence-corrected chi connectivity index (χ0v) is 17.5. The smallest absolute Gasteiger partial charge is 0.195 e. The Morgan fingerprint density at radius 2 is 1.96 bits per heavy atom. The van der Waals surface area contributed by atoms with Gasteiger partial charge in [0.25, 0.3) is 0 Å². The molecule has 4 rings (SSSR count). The predicted molar refractivity (Wildman–Crippen MR) is 118 cm³/mol. The Labute approximate surface area is 173 Å². The summed E-state index contributed by atoms with van der Waals surface area (Å²) in [5.74, 6) is 0.817. The van der Waals surface area contributed by atoms with E-state index < -0.39 is 0 Å². The van der Waals surface area contributed by atoms with Crippen LogP contribution in [0.3, 0.4) is 0 Å². The molecule has 7 heteroatoms. The van der Waals surface area contributed by atoms with E-state index in [0.717, 1.165) is 33.2 Å². The average molecular weight is 409 g/mol. The van der Waals surface area contributed by atoms with Gasteiger partial charge in [-0.25, -0.2) is 5.01 Å². The molecule has 5 nitrogen and oxygen atoms in total. The molecule has 0 unspecified atom stereocenters. The number of nitrogens with zero attached hydrogens (tertiary/aromatic N) is 3. The van der Waals surface area contributed by atoms with Crippen molar-refractivity contribution in [3.8, 4) is 5.75 Å². The molecule has 3 aromatic rings. The van der Waals surface area contributed by atoms with Crippen LogP contribution in [0.1, 0.15) is 27.1 Å². The molecule has 0 bridgehead atoms. The van der Waals surface area contributed by atoms with Crippen LogP contribution in [0.25, 0.3) is 0 Å². The lowest BCUT2D eigenvalue weighted by molar-refractivity contribution is 0.415. The monoisotopic (exact) mass is 408 g/mol. The van der Waals surface area contributed by atoms with E-state index in [4.69, 9.17) is 22.1 Å². The first-order valence-electron chi connectivity index (χ1n) is 8.87. The fourth-order valence-corrected chi connectivity index (χ4v) is 4.43. The Morgan fingerprint density at radius 3 is 2.64 bits per heavy atom. The fourth-order valence-electron chi connectivity index (χ4n) is 3.10. The van der Waals surface area contributed by atoms with E-state index in [-0.39, 0.29) is 0 Å². The maximum absolute atomic E-state index is 5.66. The molecule has 28 heavy (non-hydrogen) atoms. The molecule has 1 aliphatic rings. The number of methoxy groups -OCH3 is 1. The predicted octanol–water partition coefficient (Wildman–Crippen LogP) is 4.73. The largest absolute Gasteiger partial charge is 0.497 e. The molecule has 1 aliphatic heterocycles. The fraction of sp³-hybridized carbons (Fsp3) is 0.190. The molecule has 0 saturated carbocycles. The van der Waals surface area contributed by atoms with Crippen LogP contribution in [0.2, 0.25) is 0 Å². The second-order valence-corrected chi connectivity index (χ2v) is 8.12. The summed E-state index contributed by atoms with van der Waals surface area (Å²) in [6.45, 7) is 4.80. The van der Waals surface area contributed by atoms with Gasteiger partial charge in [-0.3, -0.25) is 4.98 Å². The van der Waals surface area contributed by atoms with Gasteiger partial charge >= 0.3 is 0 Å². The first-order chi connectivity index (χ1) is 13.6. The van der Waals surface area contributed by atoms with Gasteiger partial charge < -0.3 is 10.1 Å². The first kappa shape index (κ1) is 18.6. The molecule has 3 heterocycles. The second-order valence-electron chi connectivity index (χ2n) is 6.51. The number of hydrogen-bond acceptors (Lipinski definition) is 5. The molecule has 0 fully saturated rings. The van der Waals surface area contributed by atoms with Gasteiger partial charge in [0, 0.05) is 28.4 Å². The van der Waals surface area contributed by atoms with Crippen molar-refractivity contribution in [3.05, 3.63) is 75.9 Å². The van der Waals surface area contributed by atoms with Crippen molar-refractivity contribution in [1.82, 2.24) is 9.99 Å². The lowest BCUT2D eigenvalue weighted by atomic mass is 10.00. The number of aromatic nitrogens is 1. The highest BCUT2D eigenvalue weighted by Crippen LogP contribution is 2.36. The van der Waals surface area contributed by atoms with Crippen LogP contribution in [0.5, 0.6) is 5.75 Å². The van der Waals surface area contributed by atoms with Crippen molar-refractivity contribution in [1.29, 1.82) is 0 Å². The van der Waals surface area contributed by atoms with Gasteiger partial charge in [0.2, 0.25) is 0 Å². The molecule has 1 N–H and O–H groups in total. The maximum atomic E-state index is 5.66. The number of thiophene rings is 1. The SMILES string of the molecule is COc1ccc(C2=NN(Cc3cccnc3)C(=S)Nc3sc(C)c(C)c32)cc1. The summed E-state index contributed by atoms with van der Waals surface area (Å²) in [7, 11) is 1.67. The van der Waals surface area contributed by atoms with E-state index in [1.54, 1.807) is 24.6 Å². The minimum Gasteiger partial charge on any atom is -0.497 e. The molecule has 0 saturated heterocycles. The third-order valence-corrected chi connectivity index (χ3v) is 6.15. The molecule has 0 radical (unpaired) electrons. The maximum Gasteiger partial charge on any atom is 0.195 e. The van der Waals surface area contributed by atoms with Crippen LogP contribution in [-0.2, 0) is 6.54 Å². The lowest BCUT2D eigenvalue weighted by Crippen LogP contribution is -2.29. The van der Waals surface area contributed by atoms with Crippen LogP contribution in [-0.4, -0.2) is 27.9 Å². The standard InChI is InChI=1S/C21H20N4OS2/c1-13-14(2)28-20-18(13)19(16-6-8-17(26-3)9-7-16)24-25(21(27)23-20)12-15-5-4-10-22-11-15/h4-11H,12H2,1-3H3,(H,23,27). The van der Waals surface area contributed by atoms with E-state index in [1.165, 1.54) is 10.4 Å². The van der Waals surface area contributed by atoms with E-state index in [2.05, 4.69) is 24.1 Å². The number of benzene rings is 1. The van der Waals surface area contributed by atoms with E-state index in [9.17, 15) is 0 Å². The highest BCUT2D eigenvalue weighted by molar-refractivity contribution is 7.80. The molecule has 142 valence electrons. The number of fused-ring (bicyclic) bond motifs is 1. The Kier molecular flexibility index (Phi) is 5.11. The van der Waals surface area contributed by atoms with Crippen molar-refractivity contribution in [2.24, 2.45) is 5.10 Å². The van der Waals surface area contributed by atoms with Crippen molar-refractivity contribution in [2.75, 3.05) is 12.4 Å². The van der Waals surface area contributed by atoms with Crippen molar-refractivity contribution in [2.45, 2.75) is 20.4 Å². The molecule has 0 amide bonds. The molecule has 0 atom stereocenters. The number of hydrazone groups is 1. The Hall–Kier alpha value is -2.77. The first-order valence-corrected chi connectivity index (χ1v) is 10.1. The highest BCUT2D eigenvalue weighted by atomic mass is 32.1. The van der Waals surface area contributed by atoms with Crippen molar-refractivity contribution >= 4 is 39.4 Å². The zero-order valence-electron chi connectivity index (χ0n) is 15.9. The summed E-state index contributed by atoms with van der Waals surface area (Å²) in [6.07, 6.45) is 3.60. The molecular weight excluding hydrogens is 388 g/mol. The van der Waals surface area contributed by atoms with Gasteiger partial charge in [-0.2, -0.15) is 5.10 Å². The number of pyridine rings is 1. The average Bonchev–Trinajstić information content (AvgIpc) is 2.91. The summed E-state index contributed by atoms with van der Waals surface area (Å²) in [6, 6.07) is 11.9.